The molecule has 1 aliphatic rings. The number of guanidine groups is 1. The lowest BCUT2D eigenvalue weighted by Crippen LogP contribution is -2.34. The number of rotatable bonds is 4. The molecule has 2 rings (SSSR count). The molecule has 7 heteroatoms. The molecule has 1 aromatic carbocycles. The Morgan fingerprint density at radius 3 is 2.95 bits per heavy atom. The van der Waals surface area contributed by atoms with Crippen molar-refractivity contribution < 1.29 is 4.39 Å². The van der Waals surface area contributed by atoms with Gasteiger partial charge in [0, 0.05) is 28.6 Å². The Morgan fingerprint density at radius 2 is 2.32 bits per heavy atom. The highest BCUT2D eigenvalue weighted by Gasteiger charge is 2.20. The average molecular weight is 343 g/mol. The molecule has 1 unspecified atom stereocenters. The summed E-state index contributed by atoms with van der Waals surface area (Å²) < 4.78 is 16.7. The second kappa shape index (κ2) is 7.83. The molecule has 1 aromatic rings. The van der Waals surface area contributed by atoms with Gasteiger partial charge < -0.3 is 0 Å². The molecular weight excluding hydrogens is 323 g/mol. The van der Waals surface area contributed by atoms with Crippen LogP contribution in [0.15, 0.2) is 27.1 Å². The lowest BCUT2D eigenvalue weighted by Gasteiger charge is -2.19. The van der Waals surface area contributed by atoms with Crippen LogP contribution in [0.4, 0.5) is 4.39 Å². The quantitative estimate of drug-likeness (QED) is 0.509. The fourth-order valence-corrected chi connectivity index (χ4v) is 3.08. The number of nitrogens with one attached hydrogen (secondary N) is 1. The molecule has 0 bridgehead atoms. The molecule has 0 aliphatic carbocycles. The van der Waals surface area contributed by atoms with Gasteiger partial charge >= 0.3 is 0 Å². The SMILES string of the molecule is CCN=C(NSc1cc(F)cc(Cl)c1C)N1CC(CC)C=N1. The highest BCUT2D eigenvalue weighted by atomic mass is 35.5. The zero-order valence-electron chi connectivity index (χ0n) is 12.9. The molecule has 0 fully saturated rings. The lowest BCUT2D eigenvalue weighted by molar-refractivity contribution is 0.431. The van der Waals surface area contributed by atoms with Crippen LogP contribution in [0.1, 0.15) is 25.8 Å². The molecule has 4 nitrogen and oxygen atoms in total. The van der Waals surface area contributed by atoms with Gasteiger partial charge in [-0.25, -0.2) is 9.40 Å². The van der Waals surface area contributed by atoms with Crippen LogP contribution in [0.5, 0.6) is 0 Å². The molecule has 22 heavy (non-hydrogen) atoms. The molecular formula is C15H20ClFN4S. The van der Waals surface area contributed by atoms with Crippen LogP contribution in [-0.4, -0.2) is 30.3 Å². The van der Waals surface area contributed by atoms with Gasteiger partial charge in [-0.15, -0.1) is 0 Å². The van der Waals surface area contributed by atoms with Gasteiger partial charge in [0.15, 0.2) is 0 Å². The van der Waals surface area contributed by atoms with Gasteiger partial charge in [0.05, 0.1) is 6.54 Å². The van der Waals surface area contributed by atoms with Crippen molar-refractivity contribution >= 4 is 35.7 Å². The van der Waals surface area contributed by atoms with Crippen molar-refractivity contribution in [3.63, 3.8) is 0 Å². The summed E-state index contributed by atoms with van der Waals surface area (Å²) in [5.41, 5.74) is 0.841. The molecule has 0 radical (unpaired) electrons. The van der Waals surface area contributed by atoms with Gasteiger partial charge in [0.2, 0.25) is 5.96 Å². The topological polar surface area (TPSA) is 40.0 Å². The number of hydrazone groups is 1. The van der Waals surface area contributed by atoms with E-state index in [-0.39, 0.29) is 5.82 Å². The Kier molecular flexibility index (Phi) is 6.08. The van der Waals surface area contributed by atoms with Crippen LogP contribution >= 0.6 is 23.5 Å². The van der Waals surface area contributed by atoms with Crippen LogP contribution < -0.4 is 4.72 Å². The third kappa shape index (κ3) is 4.14. The smallest absolute Gasteiger partial charge is 0.225 e. The van der Waals surface area contributed by atoms with Gasteiger partial charge in [0.1, 0.15) is 5.82 Å². The summed E-state index contributed by atoms with van der Waals surface area (Å²) in [5.74, 6) is 0.776. The number of hydrogen-bond acceptors (Lipinski definition) is 3. The molecule has 0 saturated carbocycles. The van der Waals surface area contributed by atoms with Crippen LogP contribution in [-0.2, 0) is 0 Å². The van der Waals surface area contributed by atoms with E-state index >= 15 is 0 Å². The minimum Gasteiger partial charge on any atom is -0.295 e. The summed E-state index contributed by atoms with van der Waals surface area (Å²) in [5, 5.41) is 6.65. The van der Waals surface area contributed by atoms with Crippen molar-refractivity contribution in [3.05, 3.63) is 28.5 Å². The van der Waals surface area contributed by atoms with E-state index in [1.165, 1.54) is 24.1 Å². The van der Waals surface area contributed by atoms with E-state index in [4.69, 9.17) is 11.6 Å². The van der Waals surface area contributed by atoms with Crippen molar-refractivity contribution in [2.75, 3.05) is 13.1 Å². The third-order valence-corrected chi connectivity index (χ3v) is 4.74. The van der Waals surface area contributed by atoms with Gasteiger partial charge in [-0.2, -0.15) is 5.10 Å². The van der Waals surface area contributed by atoms with Crippen LogP contribution in [0.25, 0.3) is 0 Å². The molecule has 0 spiro atoms. The first-order valence-electron chi connectivity index (χ1n) is 7.29. The van der Waals surface area contributed by atoms with Gasteiger partial charge in [-0.3, -0.25) is 9.71 Å². The average Bonchev–Trinajstić information content (AvgIpc) is 2.96. The van der Waals surface area contributed by atoms with E-state index in [9.17, 15) is 4.39 Å². The van der Waals surface area contributed by atoms with Gasteiger partial charge in [-0.05, 0) is 49.9 Å². The number of nitrogens with zero attached hydrogens (tertiary/aromatic N) is 3. The first kappa shape index (κ1) is 17.1. The minimum atomic E-state index is -0.348. The largest absolute Gasteiger partial charge is 0.295 e. The van der Waals surface area contributed by atoms with Gasteiger partial charge in [0.25, 0.3) is 0 Å². The summed E-state index contributed by atoms with van der Waals surface area (Å²) in [6, 6.07) is 2.78. The molecule has 0 amide bonds. The van der Waals surface area contributed by atoms with Crippen molar-refractivity contribution in [2.45, 2.75) is 32.1 Å². The highest BCUT2D eigenvalue weighted by molar-refractivity contribution is 7.98. The van der Waals surface area contributed by atoms with Crippen molar-refractivity contribution in [1.29, 1.82) is 0 Å². The summed E-state index contributed by atoms with van der Waals surface area (Å²) in [6.07, 6.45) is 2.99. The second-order valence-electron chi connectivity index (χ2n) is 5.03. The normalized spacial score (nSPS) is 18.1. The van der Waals surface area contributed by atoms with E-state index in [1.54, 1.807) is 0 Å². The predicted molar refractivity (Wildman–Crippen MR) is 92.1 cm³/mol. The van der Waals surface area contributed by atoms with Gasteiger partial charge in [-0.1, -0.05) is 18.5 Å². The van der Waals surface area contributed by atoms with E-state index in [0.29, 0.717) is 23.4 Å². The van der Waals surface area contributed by atoms with E-state index in [2.05, 4.69) is 21.7 Å². The number of hydrogen-bond donors (Lipinski definition) is 1. The third-order valence-electron chi connectivity index (χ3n) is 3.41. The van der Waals surface area contributed by atoms with E-state index in [0.717, 1.165) is 23.4 Å². The highest BCUT2D eigenvalue weighted by Crippen LogP contribution is 2.27. The maximum absolute atomic E-state index is 13.5. The Hall–Kier alpha value is -1.27. The first-order chi connectivity index (χ1) is 10.5. The molecule has 1 heterocycles. The van der Waals surface area contributed by atoms with Crippen LogP contribution in [0.2, 0.25) is 5.02 Å². The summed E-state index contributed by atoms with van der Waals surface area (Å²) in [7, 11) is 0. The number of aliphatic imine (C=N–C) groups is 1. The molecule has 0 aromatic heterocycles. The summed E-state index contributed by atoms with van der Waals surface area (Å²) in [6.45, 7) is 7.43. The van der Waals surface area contributed by atoms with Crippen LogP contribution in [0.3, 0.4) is 0 Å². The predicted octanol–water partition coefficient (Wildman–Crippen LogP) is 4.09. The standard InChI is InChI=1S/C15H20ClFN4S/c1-4-11-8-19-21(9-11)15(18-5-2)20-22-14-7-12(17)6-13(16)10(14)3/h6-8,11H,4-5,9H2,1-3H3,(H,18,20). The Bertz CT molecular complexity index is 591. The Balaban J connectivity index is 2.08. The monoisotopic (exact) mass is 342 g/mol. The lowest BCUT2D eigenvalue weighted by atomic mass is 10.1. The Morgan fingerprint density at radius 1 is 1.55 bits per heavy atom. The van der Waals surface area contributed by atoms with Crippen molar-refractivity contribution in [1.82, 2.24) is 9.73 Å². The van der Waals surface area contributed by atoms with Crippen LogP contribution in [0, 0.1) is 18.7 Å². The minimum absolute atomic E-state index is 0.348. The molecule has 1 N–H and O–H groups in total. The number of benzene rings is 1. The Labute approximate surface area is 140 Å². The first-order valence-corrected chi connectivity index (χ1v) is 8.49. The van der Waals surface area contributed by atoms with Crippen molar-refractivity contribution in [3.8, 4) is 0 Å². The van der Waals surface area contributed by atoms with E-state index < -0.39 is 0 Å². The van der Waals surface area contributed by atoms with E-state index in [1.807, 2.05) is 25.1 Å². The maximum atomic E-state index is 13.5. The summed E-state index contributed by atoms with van der Waals surface area (Å²) >= 11 is 7.31. The maximum Gasteiger partial charge on any atom is 0.225 e. The summed E-state index contributed by atoms with van der Waals surface area (Å²) in [4.78, 5) is 5.17. The zero-order chi connectivity index (χ0) is 16.1. The molecule has 0 saturated heterocycles. The fourth-order valence-electron chi connectivity index (χ4n) is 2.01. The van der Waals surface area contributed by atoms with Crippen molar-refractivity contribution in [2.24, 2.45) is 16.0 Å². The fraction of sp³-hybridized carbons (Fsp3) is 0.467. The number of halogens is 2. The molecule has 1 atom stereocenters. The zero-order valence-corrected chi connectivity index (χ0v) is 14.5. The molecule has 1 aliphatic heterocycles. The second-order valence-corrected chi connectivity index (χ2v) is 6.28. The molecule has 120 valence electrons.